The van der Waals surface area contributed by atoms with Gasteiger partial charge in [0.05, 0.1) is 13.2 Å². The molecule has 2 heterocycles. The monoisotopic (exact) mass is 206 g/mol. The summed E-state index contributed by atoms with van der Waals surface area (Å²) in [5.41, 5.74) is 7.02. The first-order valence-corrected chi connectivity index (χ1v) is 5.55. The molecule has 0 aliphatic carbocycles. The van der Waals surface area contributed by atoms with Gasteiger partial charge in [-0.25, -0.2) is 4.98 Å². The van der Waals surface area contributed by atoms with Crippen LogP contribution in [0.3, 0.4) is 0 Å². The van der Waals surface area contributed by atoms with Crippen molar-refractivity contribution in [1.29, 1.82) is 0 Å². The van der Waals surface area contributed by atoms with Crippen LogP contribution in [0.15, 0.2) is 18.3 Å². The molecule has 2 N–H and O–H groups in total. The van der Waals surface area contributed by atoms with Crippen molar-refractivity contribution in [3.63, 3.8) is 0 Å². The van der Waals surface area contributed by atoms with E-state index < -0.39 is 0 Å². The molecular formula is C12H18N2O. The molecule has 1 aromatic rings. The number of aromatic nitrogens is 1. The minimum atomic E-state index is 0.499. The topological polar surface area (TPSA) is 48.1 Å². The lowest BCUT2D eigenvalue weighted by Crippen LogP contribution is -2.27. The zero-order valence-corrected chi connectivity index (χ0v) is 9.15. The maximum atomic E-state index is 5.84. The summed E-state index contributed by atoms with van der Waals surface area (Å²) in [4.78, 5) is 4.11. The number of hydrogen-bond donors (Lipinski definition) is 1. The lowest BCUT2D eigenvalue weighted by Gasteiger charge is -2.27. The third-order valence-corrected chi connectivity index (χ3v) is 3.12. The Hall–Kier alpha value is -1.09. The van der Waals surface area contributed by atoms with Crippen LogP contribution in [-0.2, 0) is 4.74 Å². The molecule has 1 fully saturated rings. The molecule has 1 aliphatic heterocycles. The van der Waals surface area contributed by atoms with E-state index in [4.69, 9.17) is 10.5 Å². The van der Waals surface area contributed by atoms with Gasteiger partial charge in [-0.1, -0.05) is 13.0 Å². The van der Waals surface area contributed by atoms with E-state index in [1.807, 2.05) is 6.07 Å². The van der Waals surface area contributed by atoms with Gasteiger partial charge in [-0.05, 0) is 30.4 Å². The van der Waals surface area contributed by atoms with Gasteiger partial charge in [0.1, 0.15) is 5.82 Å². The maximum absolute atomic E-state index is 5.84. The lowest BCUT2D eigenvalue weighted by atomic mass is 9.91. The summed E-state index contributed by atoms with van der Waals surface area (Å²) in [6.45, 7) is 4.09. The van der Waals surface area contributed by atoms with Gasteiger partial charge in [-0.3, -0.25) is 0 Å². The summed E-state index contributed by atoms with van der Waals surface area (Å²) in [6.07, 6.45) is 4.14. The Morgan fingerprint density at radius 2 is 2.40 bits per heavy atom. The fraction of sp³-hybridized carbons (Fsp3) is 0.583. The van der Waals surface area contributed by atoms with Crippen molar-refractivity contribution < 1.29 is 4.74 Å². The molecule has 0 spiro atoms. The predicted molar refractivity (Wildman–Crippen MR) is 60.6 cm³/mol. The van der Waals surface area contributed by atoms with E-state index in [9.17, 15) is 0 Å². The van der Waals surface area contributed by atoms with Gasteiger partial charge in [0.15, 0.2) is 0 Å². The smallest absolute Gasteiger partial charge is 0.126 e. The second kappa shape index (κ2) is 4.62. The summed E-state index contributed by atoms with van der Waals surface area (Å²) in [6, 6.07) is 4.03. The number of rotatable bonds is 4. The number of nitrogens with zero attached hydrogens (tertiary/aromatic N) is 1. The summed E-state index contributed by atoms with van der Waals surface area (Å²) < 4.78 is 5.16. The Morgan fingerprint density at radius 1 is 1.60 bits per heavy atom. The summed E-state index contributed by atoms with van der Waals surface area (Å²) in [7, 11) is 0. The molecule has 2 rings (SSSR count). The van der Waals surface area contributed by atoms with Crippen LogP contribution >= 0.6 is 0 Å². The number of pyridine rings is 1. The van der Waals surface area contributed by atoms with Crippen LogP contribution in [0, 0.1) is 5.92 Å². The van der Waals surface area contributed by atoms with Crippen molar-refractivity contribution in [3.8, 4) is 0 Å². The van der Waals surface area contributed by atoms with Crippen molar-refractivity contribution in [2.75, 3.05) is 18.9 Å². The lowest BCUT2D eigenvalue weighted by molar-refractivity contribution is -0.0367. The normalized spacial score (nSPS) is 18.5. The van der Waals surface area contributed by atoms with Gasteiger partial charge in [-0.15, -0.1) is 0 Å². The molecule has 0 saturated carbocycles. The van der Waals surface area contributed by atoms with Crippen LogP contribution in [0.5, 0.6) is 0 Å². The molecule has 15 heavy (non-hydrogen) atoms. The van der Waals surface area contributed by atoms with E-state index in [-0.39, 0.29) is 0 Å². The first-order chi connectivity index (χ1) is 7.27. The van der Waals surface area contributed by atoms with E-state index in [0.29, 0.717) is 11.7 Å². The molecule has 1 atom stereocenters. The Kier molecular flexibility index (Phi) is 3.21. The molecule has 3 nitrogen and oxygen atoms in total. The average molecular weight is 206 g/mol. The highest BCUT2D eigenvalue weighted by molar-refractivity contribution is 5.40. The molecule has 3 heteroatoms. The van der Waals surface area contributed by atoms with Crippen molar-refractivity contribution in [3.05, 3.63) is 23.9 Å². The van der Waals surface area contributed by atoms with Crippen molar-refractivity contribution in [2.24, 2.45) is 5.92 Å². The maximum Gasteiger partial charge on any atom is 0.126 e. The second-order valence-electron chi connectivity index (χ2n) is 4.36. The third-order valence-electron chi connectivity index (χ3n) is 3.12. The van der Waals surface area contributed by atoms with Gasteiger partial charge < -0.3 is 10.5 Å². The van der Waals surface area contributed by atoms with Crippen molar-refractivity contribution in [1.82, 2.24) is 4.98 Å². The first-order valence-electron chi connectivity index (χ1n) is 5.55. The Morgan fingerprint density at radius 3 is 3.00 bits per heavy atom. The van der Waals surface area contributed by atoms with E-state index in [1.54, 1.807) is 6.20 Å². The van der Waals surface area contributed by atoms with Crippen LogP contribution in [0.4, 0.5) is 5.82 Å². The van der Waals surface area contributed by atoms with E-state index in [0.717, 1.165) is 19.1 Å². The molecule has 1 aromatic heterocycles. The van der Waals surface area contributed by atoms with Gasteiger partial charge >= 0.3 is 0 Å². The van der Waals surface area contributed by atoms with E-state index >= 15 is 0 Å². The highest BCUT2D eigenvalue weighted by Crippen LogP contribution is 2.27. The van der Waals surface area contributed by atoms with Gasteiger partial charge in [0.25, 0.3) is 0 Å². The minimum absolute atomic E-state index is 0.499. The summed E-state index contributed by atoms with van der Waals surface area (Å²) in [5, 5.41) is 0. The van der Waals surface area contributed by atoms with Crippen LogP contribution < -0.4 is 5.73 Å². The highest BCUT2D eigenvalue weighted by Gasteiger charge is 2.19. The molecule has 0 radical (unpaired) electrons. The third kappa shape index (κ3) is 2.48. The van der Waals surface area contributed by atoms with Gasteiger partial charge in [0, 0.05) is 12.1 Å². The zero-order chi connectivity index (χ0) is 10.7. The summed E-state index contributed by atoms with van der Waals surface area (Å²) >= 11 is 0. The number of ether oxygens (including phenoxy) is 1. The number of nitrogen functional groups attached to an aromatic ring is 1. The van der Waals surface area contributed by atoms with Crippen LogP contribution in [0.25, 0.3) is 0 Å². The minimum Gasteiger partial charge on any atom is -0.383 e. The predicted octanol–water partition coefficient (Wildman–Crippen LogP) is 2.19. The molecule has 82 valence electrons. The Bertz CT molecular complexity index is 323. The molecule has 0 bridgehead atoms. The second-order valence-corrected chi connectivity index (χ2v) is 4.36. The number of nitrogens with two attached hydrogens (primary N) is 1. The van der Waals surface area contributed by atoms with Gasteiger partial charge in [-0.2, -0.15) is 0 Å². The van der Waals surface area contributed by atoms with E-state index in [2.05, 4.69) is 18.0 Å². The van der Waals surface area contributed by atoms with Crippen LogP contribution in [-0.4, -0.2) is 18.2 Å². The Labute approximate surface area is 90.7 Å². The number of hydrogen-bond acceptors (Lipinski definition) is 3. The first kappa shape index (κ1) is 10.4. The fourth-order valence-corrected chi connectivity index (χ4v) is 1.94. The molecule has 0 amide bonds. The molecule has 1 saturated heterocycles. The van der Waals surface area contributed by atoms with Crippen molar-refractivity contribution in [2.45, 2.75) is 25.7 Å². The quantitative estimate of drug-likeness (QED) is 0.821. The largest absolute Gasteiger partial charge is 0.383 e. The molecule has 0 unspecified atom stereocenters. The zero-order valence-electron chi connectivity index (χ0n) is 9.15. The standard InChI is InChI=1S/C12H18N2O/c1-9(4-5-10-7-15-8-10)11-3-2-6-14-12(11)13/h2-3,6,9-10H,4-5,7-8H2,1H3,(H2,13,14)/t9-/m1/s1. The molecule has 0 aromatic carbocycles. The highest BCUT2D eigenvalue weighted by atomic mass is 16.5. The fourth-order valence-electron chi connectivity index (χ4n) is 1.94. The summed E-state index contributed by atoms with van der Waals surface area (Å²) in [5.74, 6) is 1.94. The number of anilines is 1. The Balaban J connectivity index is 1.89. The average Bonchev–Trinajstić information content (AvgIpc) is 2.16. The van der Waals surface area contributed by atoms with Crippen molar-refractivity contribution >= 4 is 5.82 Å². The SMILES string of the molecule is C[C@H](CCC1COC1)c1cccnc1N. The molecular weight excluding hydrogens is 188 g/mol. The molecule has 1 aliphatic rings. The van der Waals surface area contributed by atoms with Gasteiger partial charge in [0.2, 0.25) is 0 Å². The van der Waals surface area contributed by atoms with Crippen LogP contribution in [0.2, 0.25) is 0 Å². The van der Waals surface area contributed by atoms with E-state index in [1.165, 1.54) is 18.4 Å². The van der Waals surface area contributed by atoms with Crippen LogP contribution in [0.1, 0.15) is 31.2 Å².